The van der Waals surface area contributed by atoms with Gasteiger partial charge in [-0.25, -0.2) is 0 Å². The topological polar surface area (TPSA) is 55.6 Å². The van der Waals surface area contributed by atoms with Crippen molar-refractivity contribution in [3.63, 3.8) is 0 Å². The summed E-state index contributed by atoms with van der Waals surface area (Å²) in [6, 6.07) is 7.63. The normalized spacial score (nSPS) is 18.0. The summed E-state index contributed by atoms with van der Waals surface area (Å²) in [6.07, 6.45) is 2.03. The molecule has 0 radical (unpaired) electrons. The number of hydrogen-bond donors (Lipinski definition) is 1. The smallest absolute Gasteiger partial charge is 0.260 e. The van der Waals surface area contributed by atoms with Crippen LogP contribution < -0.4 is 10.5 Å². The average Bonchev–Trinajstić information content (AvgIpc) is 2.86. The van der Waals surface area contributed by atoms with Crippen LogP contribution in [0.5, 0.6) is 5.75 Å². The molecule has 1 aliphatic heterocycles. The third kappa shape index (κ3) is 4.37. The number of nitrogens with two attached hydrogens (primary N) is 1. The highest BCUT2D eigenvalue weighted by Crippen LogP contribution is 2.18. The van der Waals surface area contributed by atoms with E-state index in [9.17, 15) is 4.79 Å². The monoisotopic (exact) mass is 348 g/mol. The summed E-state index contributed by atoms with van der Waals surface area (Å²) in [5.74, 6) is 0.723. The summed E-state index contributed by atoms with van der Waals surface area (Å²) in [4.78, 5) is 13.8. The second-order valence-corrected chi connectivity index (χ2v) is 5.28. The van der Waals surface area contributed by atoms with Gasteiger partial charge in [0.2, 0.25) is 0 Å². The van der Waals surface area contributed by atoms with E-state index in [1.54, 1.807) is 0 Å². The predicted octanol–water partition coefficient (Wildman–Crippen LogP) is 2.20. The second kappa shape index (κ2) is 7.72. The Morgan fingerprint density at radius 3 is 2.74 bits per heavy atom. The van der Waals surface area contributed by atoms with E-state index < -0.39 is 0 Å². The number of benzene rings is 1. The SMILES string of the molecule is Cl.NCC1CCCN1C(=O)COc1ccc(Br)cc1. The summed E-state index contributed by atoms with van der Waals surface area (Å²) >= 11 is 3.35. The van der Waals surface area contributed by atoms with E-state index in [4.69, 9.17) is 10.5 Å². The lowest BCUT2D eigenvalue weighted by Crippen LogP contribution is -2.42. The van der Waals surface area contributed by atoms with Crippen molar-refractivity contribution in [2.45, 2.75) is 18.9 Å². The molecule has 1 atom stereocenters. The molecule has 0 saturated carbocycles. The molecule has 0 aromatic heterocycles. The molecule has 2 rings (SSSR count). The van der Waals surface area contributed by atoms with Gasteiger partial charge >= 0.3 is 0 Å². The molecule has 0 spiro atoms. The maximum absolute atomic E-state index is 12.0. The molecule has 1 unspecified atom stereocenters. The van der Waals surface area contributed by atoms with Crippen LogP contribution in [0, 0.1) is 0 Å². The molecule has 1 heterocycles. The summed E-state index contributed by atoms with van der Waals surface area (Å²) in [5.41, 5.74) is 5.65. The number of likely N-dealkylation sites (tertiary alicyclic amines) is 1. The van der Waals surface area contributed by atoms with Crippen LogP contribution in [-0.2, 0) is 4.79 Å². The summed E-state index contributed by atoms with van der Waals surface area (Å²) in [6.45, 7) is 1.41. The Labute approximate surface area is 127 Å². The second-order valence-electron chi connectivity index (χ2n) is 4.36. The average molecular weight is 350 g/mol. The molecule has 1 amide bonds. The van der Waals surface area contributed by atoms with Gasteiger partial charge in [-0.05, 0) is 37.1 Å². The molecule has 1 fully saturated rings. The van der Waals surface area contributed by atoms with Gasteiger partial charge in [-0.2, -0.15) is 0 Å². The van der Waals surface area contributed by atoms with Crippen LogP contribution >= 0.6 is 28.3 Å². The van der Waals surface area contributed by atoms with E-state index in [0.717, 1.165) is 23.9 Å². The predicted molar refractivity (Wildman–Crippen MR) is 80.7 cm³/mol. The maximum atomic E-state index is 12.0. The Morgan fingerprint density at radius 1 is 1.42 bits per heavy atom. The first-order valence-corrected chi connectivity index (χ1v) is 6.88. The fourth-order valence-corrected chi connectivity index (χ4v) is 2.43. The lowest BCUT2D eigenvalue weighted by Gasteiger charge is -2.23. The van der Waals surface area contributed by atoms with Gasteiger partial charge in [-0.1, -0.05) is 15.9 Å². The van der Waals surface area contributed by atoms with Crippen molar-refractivity contribution in [3.8, 4) is 5.75 Å². The number of ether oxygens (including phenoxy) is 1. The van der Waals surface area contributed by atoms with Crippen LogP contribution in [0.3, 0.4) is 0 Å². The van der Waals surface area contributed by atoms with Crippen molar-refractivity contribution in [1.82, 2.24) is 4.90 Å². The number of nitrogens with zero attached hydrogens (tertiary/aromatic N) is 1. The molecule has 19 heavy (non-hydrogen) atoms. The standard InChI is InChI=1S/C13H17BrN2O2.ClH/c14-10-3-5-12(6-4-10)18-9-13(17)16-7-1-2-11(16)8-15;/h3-6,11H,1-2,7-9,15H2;1H. The Bertz CT molecular complexity index is 414. The number of rotatable bonds is 4. The molecule has 1 aromatic carbocycles. The van der Waals surface area contributed by atoms with Crippen LogP contribution in [0.2, 0.25) is 0 Å². The fourth-order valence-electron chi connectivity index (χ4n) is 2.17. The van der Waals surface area contributed by atoms with Gasteiger partial charge in [0.05, 0.1) is 0 Å². The Balaban J connectivity index is 0.00000180. The fraction of sp³-hybridized carbons (Fsp3) is 0.462. The molecule has 106 valence electrons. The third-order valence-corrected chi connectivity index (χ3v) is 3.67. The van der Waals surface area contributed by atoms with Gasteiger partial charge in [-0.15, -0.1) is 12.4 Å². The molecule has 1 aromatic rings. The van der Waals surface area contributed by atoms with Crippen molar-refractivity contribution in [2.75, 3.05) is 19.7 Å². The summed E-state index contributed by atoms with van der Waals surface area (Å²) in [5, 5.41) is 0. The van der Waals surface area contributed by atoms with Crippen molar-refractivity contribution < 1.29 is 9.53 Å². The third-order valence-electron chi connectivity index (χ3n) is 3.15. The minimum absolute atomic E-state index is 0. The van der Waals surface area contributed by atoms with Crippen LogP contribution in [0.15, 0.2) is 28.7 Å². The molecular weight excluding hydrogens is 332 g/mol. The van der Waals surface area contributed by atoms with Gasteiger partial charge in [0, 0.05) is 23.6 Å². The zero-order chi connectivity index (χ0) is 13.0. The van der Waals surface area contributed by atoms with Gasteiger partial charge in [-0.3, -0.25) is 4.79 Å². The Hall–Kier alpha value is -0.780. The summed E-state index contributed by atoms with van der Waals surface area (Å²) < 4.78 is 6.46. The molecule has 1 saturated heterocycles. The van der Waals surface area contributed by atoms with Crippen molar-refractivity contribution in [1.29, 1.82) is 0 Å². The van der Waals surface area contributed by atoms with Crippen molar-refractivity contribution >= 4 is 34.2 Å². The highest BCUT2D eigenvalue weighted by atomic mass is 79.9. The van der Waals surface area contributed by atoms with Crippen LogP contribution in [0.25, 0.3) is 0 Å². The lowest BCUT2D eigenvalue weighted by molar-refractivity contribution is -0.134. The first kappa shape index (κ1) is 16.3. The molecule has 6 heteroatoms. The van der Waals surface area contributed by atoms with Crippen molar-refractivity contribution in [2.24, 2.45) is 5.73 Å². The number of carbonyl (C=O) groups excluding carboxylic acids is 1. The Morgan fingerprint density at radius 2 is 2.11 bits per heavy atom. The van der Waals surface area contributed by atoms with Crippen molar-refractivity contribution in [3.05, 3.63) is 28.7 Å². The van der Waals surface area contributed by atoms with Gasteiger partial charge in [0.25, 0.3) is 5.91 Å². The summed E-state index contributed by atoms with van der Waals surface area (Å²) in [7, 11) is 0. The number of halogens is 2. The zero-order valence-electron chi connectivity index (χ0n) is 10.5. The highest BCUT2D eigenvalue weighted by molar-refractivity contribution is 9.10. The molecule has 0 bridgehead atoms. The largest absolute Gasteiger partial charge is 0.484 e. The zero-order valence-corrected chi connectivity index (χ0v) is 13.0. The van der Waals surface area contributed by atoms with E-state index >= 15 is 0 Å². The first-order valence-electron chi connectivity index (χ1n) is 6.08. The number of hydrogen-bond acceptors (Lipinski definition) is 3. The molecular formula is C13H18BrClN2O2. The lowest BCUT2D eigenvalue weighted by atomic mass is 10.2. The van der Waals surface area contributed by atoms with Crippen LogP contribution in [0.1, 0.15) is 12.8 Å². The molecule has 4 nitrogen and oxygen atoms in total. The Kier molecular flexibility index (Phi) is 6.62. The quantitative estimate of drug-likeness (QED) is 0.906. The highest BCUT2D eigenvalue weighted by Gasteiger charge is 2.27. The molecule has 0 aliphatic carbocycles. The minimum atomic E-state index is 0. The number of amides is 1. The van der Waals surface area contributed by atoms with E-state index in [-0.39, 0.29) is 31.0 Å². The number of carbonyl (C=O) groups is 1. The maximum Gasteiger partial charge on any atom is 0.260 e. The van der Waals surface area contributed by atoms with Gasteiger partial charge < -0.3 is 15.4 Å². The first-order chi connectivity index (χ1) is 8.70. The van der Waals surface area contributed by atoms with E-state index in [0.29, 0.717) is 12.3 Å². The van der Waals surface area contributed by atoms with Gasteiger partial charge in [0.15, 0.2) is 6.61 Å². The van der Waals surface area contributed by atoms with E-state index in [2.05, 4.69) is 15.9 Å². The minimum Gasteiger partial charge on any atom is -0.484 e. The molecule has 2 N–H and O–H groups in total. The van der Waals surface area contributed by atoms with E-state index in [1.807, 2.05) is 29.2 Å². The van der Waals surface area contributed by atoms with Gasteiger partial charge in [0.1, 0.15) is 5.75 Å². The van der Waals surface area contributed by atoms with Crippen LogP contribution in [0.4, 0.5) is 0 Å². The van der Waals surface area contributed by atoms with E-state index in [1.165, 1.54) is 0 Å². The molecule has 1 aliphatic rings. The van der Waals surface area contributed by atoms with Crippen LogP contribution in [-0.4, -0.2) is 36.5 Å².